The molecule has 1 aromatic heterocycles. The average Bonchev–Trinajstić information content (AvgIpc) is 3.52. The molecule has 2 aromatic carbocycles. The lowest BCUT2D eigenvalue weighted by Crippen LogP contribution is -2.38. The average molecular weight is 505 g/mol. The van der Waals surface area contributed by atoms with E-state index in [4.69, 9.17) is 10.5 Å². The van der Waals surface area contributed by atoms with Gasteiger partial charge in [-0.05, 0) is 66.7 Å². The monoisotopic (exact) mass is 504 g/mol. The molecular weight excluding hydrogens is 479 g/mol. The lowest BCUT2D eigenvalue weighted by molar-refractivity contribution is -0.137. The molecule has 3 aromatic rings. The lowest BCUT2D eigenvalue weighted by Gasteiger charge is -2.17. The van der Waals surface area contributed by atoms with Crippen molar-refractivity contribution in [1.82, 2.24) is 9.36 Å². The van der Waals surface area contributed by atoms with Gasteiger partial charge in [-0.3, -0.25) is 4.79 Å². The number of ether oxygens (including phenoxy) is 1. The summed E-state index contributed by atoms with van der Waals surface area (Å²) in [6, 6.07) is 9.73. The van der Waals surface area contributed by atoms with Gasteiger partial charge in [-0.15, -0.1) is 12.4 Å². The van der Waals surface area contributed by atoms with Crippen molar-refractivity contribution in [2.45, 2.75) is 32.7 Å². The Kier molecular flexibility index (Phi) is 8.35. The van der Waals surface area contributed by atoms with Crippen molar-refractivity contribution in [2.24, 2.45) is 11.7 Å². The van der Waals surface area contributed by atoms with E-state index in [0.717, 1.165) is 30.2 Å². The minimum atomic E-state index is -0.925. The lowest BCUT2D eigenvalue weighted by atomic mass is 10.1. The maximum Gasteiger partial charge on any atom is 0.328 e. The number of nitrogens with two attached hydrogens (primary N) is 1. The first-order valence-electron chi connectivity index (χ1n) is 10.8. The van der Waals surface area contributed by atoms with Gasteiger partial charge in [0.15, 0.2) is 23.7 Å². The van der Waals surface area contributed by atoms with Gasteiger partial charge in [-0.2, -0.15) is 4.37 Å². The molecule has 1 fully saturated rings. The van der Waals surface area contributed by atoms with Crippen LogP contribution in [-0.4, -0.2) is 40.7 Å². The highest BCUT2D eigenvalue weighted by molar-refractivity contribution is 7.09. The molecule has 0 saturated carbocycles. The Hall–Kier alpha value is -2.88. The van der Waals surface area contributed by atoms with Gasteiger partial charge in [0.1, 0.15) is 11.0 Å². The van der Waals surface area contributed by atoms with Crippen molar-refractivity contribution in [1.29, 1.82) is 0 Å². The summed E-state index contributed by atoms with van der Waals surface area (Å²) < 4.78 is 24.3. The molecule has 1 saturated heterocycles. The number of benzene rings is 2. The third kappa shape index (κ3) is 5.43. The first-order chi connectivity index (χ1) is 15.9. The Morgan fingerprint density at radius 2 is 1.85 bits per heavy atom. The standard InChI is InChI=1S/C24H25FN4O3S.ClH/c1-14(2)20(26)24(31)32-21-17(13-30)11-16(12-19(21)25)23-27-22(28-33-23)15-5-7-18(8-6-15)29-9-3-4-10-29;/h5-8,11-14,20H,3-4,9-10,26H2,1-2H3;1H/t20-;/m1./s1. The van der Waals surface area contributed by atoms with Gasteiger partial charge in [-0.1, -0.05) is 13.8 Å². The third-order valence-electron chi connectivity index (χ3n) is 5.66. The molecule has 0 unspecified atom stereocenters. The van der Waals surface area contributed by atoms with Crippen LogP contribution in [0.4, 0.5) is 10.1 Å². The van der Waals surface area contributed by atoms with Gasteiger partial charge in [0.2, 0.25) is 0 Å². The molecule has 0 spiro atoms. The van der Waals surface area contributed by atoms with Gasteiger partial charge in [-0.25, -0.2) is 14.2 Å². The predicted molar refractivity (Wildman–Crippen MR) is 133 cm³/mol. The molecule has 0 bridgehead atoms. The van der Waals surface area contributed by atoms with Crippen LogP contribution in [0.15, 0.2) is 36.4 Å². The van der Waals surface area contributed by atoms with E-state index in [1.165, 1.54) is 30.7 Å². The number of anilines is 1. The van der Waals surface area contributed by atoms with Crippen molar-refractivity contribution in [3.05, 3.63) is 47.8 Å². The van der Waals surface area contributed by atoms with Gasteiger partial charge >= 0.3 is 5.97 Å². The highest BCUT2D eigenvalue weighted by Crippen LogP contribution is 2.32. The second kappa shape index (κ2) is 11.0. The molecular formula is C24H26ClFN4O3S. The number of carbonyl (C=O) groups is 2. The fraction of sp³-hybridized carbons (Fsp3) is 0.333. The summed E-state index contributed by atoms with van der Waals surface area (Å²) in [6.45, 7) is 5.63. The molecule has 10 heteroatoms. The molecule has 0 aliphatic carbocycles. The minimum Gasteiger partial charge on any atom is -0.421 e. The smallest absolute Gasteiger partial charge is 0.328 e. The zero-order valence-corrected chi connectivity index (χ0v) is 20.5. The Morgan fingerprint density at radius 3 is 2.47 bits per heavy atom. The molecule has 7 nitrogen and oxygen atoms in total. The largest absolute Gasteiger partial charge is 0.421 e. The minimum absolute atomic E-state index is 0. The van der Waals surface area contributed by atoms with Gasteiger partial charge in [0.25, 0.3) is 0 Å². The summed E-state index contributed by atoms with van der Waals surface area (Å²) in [6.07, 6.45) is 2.86. The second-order valence-corrected chi connectivity index (χ2v) is 9.10. The first kappa shape index (κ1) is 25.7. The van der Waals surface area contributed by atoms with Crippen molar-refractivity contribution in [3.8, 4) is 27.7 Å². The second-order valence-electron chi connectivity index (χ2n) is 8.35. The Morgan fingerprint density at radius 1 is 1.18 bits per heavy atom. The van der Waals surface area contributed by atoms with Crippen LogP contribution >= 0.6 is 23.9 Å². The van der Waals surface area contributed by atoms with Crippen LogP contribution in [0.5, 0.6) is 5.75 Å². The molecule has 1 atom stereocenters. The zero-order valence-electron chi connectivity index (χ0n) is 18.9. The Balaban J connectivity index is 0.00000324. The SMILES string of the molecule is CC(C)[C@@H](N)C(=O)Oc1c(F)cc(-c2nc(-c3ccc(N4CCCC4)cc3)ns2)cc1C=O.Cl. The number of esters is 1. The fourth-order valence-electron chi connectivity index (χ4n) is 3.63. The van der Waals surface area contributed by atoms with Crippen LogP contribution in [0.2, 0.25) is 0 Å². The molecule has 0 radical (unpaired) electrons. The quantitative estimate of drug-likeness (QED) is 0.282. The van der Waals surface area contributed by atoms with Crippen LogP contribution < -0.4 is 15.4 Å². The third-order valence-corrected chi connectivity index (χ3v) is 6.43. The number of aldehydes is 1. The van der Waals surface area contributed by atoms with Crippen molar-refractivity contribution >= 4 is 41.9 Å². The van der Waals surface area contributed by atoms with E-state index in [9.17, 15) is 14.0 Å². The number of hydrogen-bond acceptors (Lipinski definition) is 8. The Bertz CT molecular complexity index is 1160. The number of rotatable bonds is 7. The first-order valence-corrected chi connectivity index (χ1v) is 11.6. The van der Waals surface area contributed by atoms with Crippen molar-refractivity contribution < 1.29 is 18.7 Å². The summed E-state index contributed by atoms with van der Waals surface area (Å²) in [7, 11) is 0. The summed E-state index contributed by atoms with van der Waals surface area (Å²) in [5.74, 6) is -1.74. The topological polar surface area (TPSA) is 98.4 Å². The summed E-state index contributed by atoms with van der Waals surface area (Å²) in [4.78, 5) is 30.6. The van der Waals surface area contributed by atoms with E-state index in [0.29, 0.717) is 22.7 Å². The van der Waals surface area contributed by atoms with Crippen LogP contribution in [0.3, 0.4) is 0 Å². The maximum absolute atomic E-state index is 14.8. The highest BCUT2D eigenvalue weighted by Gasteiger charge is 2.24. The van der Waals surface area contributed by atoms with Crippen molar-refractivity contribution in [2.75, 3.05) is 18.0 Å². The normalized spacial score (nSPS) is 14.1. The van der Waals surface area contributed by atoms with Crippen LogP contribution in [0.25, 0.3) is 22.0 Å². The highest BCUT2D eigenvalue weighted by atomic mass is 35.5. The van der Waals surface area contributed by atoms with Crippen LogP contribution in [0, 0.1) is 11.7 Å². The molecule has 2 N–H and O–H groups in total. The molecule has 180 valence electrons. The molecule has 1 aliphatic heterocycles. The van der Waals surface area contributed by atoms with E-state index < -0.39 is 23.6 Å². The molecule has 34 heavy (non-hydrogen) atoms. The summed E-state index contributed by atoms with van der Waals surface area (Å²) in [5.41, 5.74) is 8.07. The van der Waals surface area contributed by atoms with Gasteiger partial charge in [0.05, 0.1) is 5.56 Å². The number of hydrogen-bond donors (Lipinski definition) is 1. The predicted octanol–water partition coefficient (Wildman–Crippen LogP) is 4.73. The molecule has 2 heterocycles. The van der Waals surface area contributed by atoms with E-state index in [-0.39, 0.29) is 23.9 Å². The van der Waals surface area contributed by atoms with Gasteiger partial charge in [0, 0.05) is 29.9 Å². The van der Waals surface area contributed by atoms with Gasteiger partial charge < -0.3 is 15.4 Å². The van der Waals surface area contributed by atoms with Crippen LogP contribution in [0.1, 0.15) is 37.0 Å². The summed E-state index contributed by atoms with van der Waals surface area (Å²) >= 11 is 1.10. The van der Waals surface area contributed by atoms with E-state index in [2.05, 4.69) is 26.4 Å². The van der Waals surface area contributed by atoms with E-state index in [1.54, 1.807) is 13.8 Å². The fourth-order valence-corrected chi connectivity index (χ4v) is 4.30. The molecule has 4 rings (SSSR count). The number of carbonyl (C=O) groups excluding carboxylic acids is 2. The Labute approximate surface area is 207 Å². The number of halogens is 2. The maximum atomic E-state index is 14.8. The van der Waals surface area contributed by atoms with Crippen LogP contribution in [-0.2, 0) is 4.79 Å². The number of nitrogens with zero attached hydrogens (tertiary/aromatic N) is 3. The summed E-state index contributed by atoms with van der Waals surface area (Å²) in [5, 5.41) is 0.451. The zero-order chi connectivity index (χ0) is 23.5. The molecule has 1 aliphatic rings. The van der Waals surface area contributed by atoms with E-state index in [1.807, 2.05) is 12.1 Å². The van der Waals surface area contributed by atoms with Crippen molar-refractivity contribution in [3.63, 3.8) is 0 Å². The number of aromatic nitrogens is 2. The molecule has 0 amide bonds. The van der Waals surface area contributed by atoms with E-state index >= 15 is 0 Å².